The molecule has 6 heteroatoms. The SMILES string of the molecule is CC(=O)CC(NC(=O)NC(C)C)C(=O)O. The first kappa shape index (κ1) is 13.4. The lowest BCUT2D eigenvalue weighted by molar-refractivity contribution is -0.140. The van der Waals surface area contributed by atoms with Crippen molar-refractivity contribution in [3.63, 3.8) is 0 Å². The molecule has 0 aliphatic heterocycles. The number of carbonyl (C=O) groups is 3. The second kappa shape index (κ2) is 6.00. The minimum absolute atomic E-state index is 0.0863. The van der Waals surface area contributed by atoms with E-state index < -0.39 is 18.0 Å². The summed E-state index contributed by atoms with van der Waals surface area (Å²) in [6, 6.07) is -1.84. The molecular formula is C9H16N2O4. The average molecular weight is 216 g/mol. The maximum absolute atomic E-state index is 11.2. The number of Topliss-reactive ketones (excluding diaryl/α,β-unsaturated/α-hetero) is 1. The zero-order valence-electron chi connectivity index (χ0n) is 9.03. The van der Waals surface area contributed by atoms with E-state index in [-0.39, 0.29) is 18.2 Å². The first-order valence-electron chi connectivity index (χ1n) is 4.62. The highest BCUT2D eigenvalue weighted by Crippen LogP contribution is 1.94. The summed E-state index contributed by atoms with van der Waals surface area (Å²) >= 11 is 0. The molecule has 0 spiro atoms. The smallest absolute Gasteiger partial charge is 0.326 e. The van der Waals surface area contributed by atoms with Crippen LogP contribution in [0.25, 0.3) is 0 Å². The van der Waals surface area contributed by atoms with E-state index in [1.165, 1.54) is 6.92 Å². The molecule has 0 aliphatic carbocycles. The zero-order chi connectivity index (χ0) is 12.0. The van der Waals surface area contributed by atoms with E-state index in [9.17, 15) is 14.4 Å². The van der Waals surface area contributed by atoms with Gasteiger partial charge in [-0.1, -0.05) is 0 Å². The molecule has 3 N–H and O–H groups in total. The normalized spacial score (nSPS) is 12.0. The van der Waals surface area contributed by atoms with Crippen LogP contribution >= 0.6 is 0 Å². The number of carboxylic acid groups (broad SMARTS) is 1. The quantitative estimate of drug-likeness (QED) is 0.608. The molecule has 86 valence electrons. The molecule has 15 heavy (non-hydrogen) atoms. The van der Waals surface area contributed by atoms with Crippen molar-refractivity contribution < 1.29 is 19.5 Å². The van der Waals surface area contributed by atoms with Gasteiger partial charge in [-0.3, -0.25) is 4.79 Å². The Hall–Kier alpha value is -1.59. The van der Waals surface area contributed by atoms with Crippen LogP contribution in [0.3, 0.4) is 0 Å². The molecule has 0 aromatic rings. The number of carbonyl (C=O) groups excluding carboxylic acids is 2. The summed E-state index contributed by atoms with van der Waals surface area (Å²) in [5, 5.41) is 13.4. The minimum atomic E-state index is -1.22. The summed E-state index contributed by atoms with van der Waals surface area (Å²) in [4.78, 5) is 32.5. The highest BCUT2D eigenvalue weighted by atomic mass is 16.4. The molecule has 2 amide bonds. The van der Waals surface area contributed by atoms with Gasteiger partial charge in [0, 0.05) is 12.5 Å². The van der Waals surface area contributed by atoms with Gasteiger partial charge in [0.25, 0.3) is 0 Å². The third-order valence-corrected chi connectivity index (χ3v) is 1.51. The largest absolute Gasteiger partial charge is 0.480 e. The number of rotatable bonds is 5. The molecule has 0 rings (SSSR count). The van der Waals surface area contributed by atoms with Gasteiger partial charge in [0.1, 0.15) is 11.8 Å². The van der Waals surface area contributed by atoms with Gasteiger partial charge in [-0.25, -0.2) is 9.59 Å². The number of hydrogen-bond acceptors (Lipinski definition) is 3. The maximum atomic E-state index is 11.2. The van der Waals surface area contributed by atoms with Crippen LogP contribution < -0.4 is 10.6 Å². The predicted octanol–water partition coefficient (Wildman–Crippen LogP) is 0.126. The Morgan fingerprint density at radius 1 is 1.20 bits per heavy atom. The van der Waals surface area contributed by atoms with Crippen LogP contribution in [0.2, 0.25) is 0 Å². The molecule has 0 aromatic heterocycles. The second-order valence-corrected chi connectivity index (χ2v) is 3.57. The molecule has 6 nitrogen and oxygen atoms in total. The minimum Gasteiger partial charge on any atom is -0.480 e. The third kappa shape index (κ3) is 6.48. The van der Waals surface area contributed by atoms with Gasteiger partial charge in [-0.2, -0.15) is 0 Å². The van der Waals surface area contributed by atoms with Gasteiger partial charge in [0.2, 0.25) is 0 Å². The Morgan fingerprint density at radius 2 is 1.73 bits per heavy atom. The van der Waals surface area contributed by atoms with E-state index in [0.717, 1.165) is 0 Å². The Balaban J connectivity index is 4.22. The van der Waals surface area contributed by atoms with E-state index in [2.05, 4.69) is 10.6 Å². The van der Waals surface area contributed by atoms with Crippen LogP contribution in [0, 0.1) is 0 Å². The average Bonchev–Trinajstić information content (AvgIpc) is 1.99. The van der Waals surface area contributed by atoms with E-state index >= 15 is 0 Å². The lowest BCUT2D eigenvalue weighted by Gasteiger charge is -2.15. The van der Waals surface area contributed by atoms with Crippen LogP contribution in [0.4, 0.5) is 4.79 Å². The maximum Gasteiger partial charge on any atom is 0.326 e. The lowest BCUT2D eigenvalue weighted by Crippen LogP contribution is -2.48. The highest BCUT2D eigenvalue weighted by molar-refractivity contribution is 5.88. The van der Waals surface area contributed by atoms with Gasteiger partial charge in [0.05, 0.1) is 0 Å². The predicted molar refractivity (Wildman–Crippen MR) is 53.5 cm³/mol. The molecule has 0 saturated heterocycles. The molecule has 0 aromatic carbocycles. The van der Waals surface area contributed by atoms with Gasteiger partial charge in [-0.15, -0.1) is 0 Å². The van der Waals surface area contributed by atoms with Gasteiger partial charge < -0.3 is 15.7 Å². The van der Waals surface area contributed by atoms with E-state index in [4.69, 9.17) is 5.11 Å². The molecule has 0 bridgehead atoms. The molecule has 0 saturated carbocycles. The van der Waals surface area contributed by atoms with Crippen molar-refractivity contribution in [2.75, 3.05) is 0 Å². The van der Waals surface area contributed by atoms with E-state index in [0.29, 0.717) is 0 Å². The summed E-state index contributed by atoms with van der Waals surface area (Å²) in [6.07, 6.45) is -0.207. The molecule has 0 fully saturated rings. The molecule has 1 unspecified atom stereocenters. The van der Waals surface area contributed by atoms with Crippen LogP contribution in [0.5, 0.6) is 0 Å². The highest BCUT2D eigenvalue weighted by Gasteiger charge is 2.21. The summed E-state index contributed by atoms with van der Waals surface area (Å²) in [6.45, 7) is 4.78. The van der Waals surface area contributed by atoms with Crippen molar-refractivity contribution >= 4 is 17.8 Å². The molecule has 0 radical (unpaired) electrons. The Morgan fingerprint density at radius 3 is 2.07 bits per heavy atom. The lowest BCUT2D eigenvalue weighted by atomic mass is 10.1. The monoisotopic (exact) mass is 216 g/mol. The van der Waals surface area contributed by atoms with Crippen molar-refractivity contribution in [3.8, 4) is 0 Å². The van der Waals surface area contributed by atoms with E-state index in [1.54, 1.807) is 13.8 Å². The fraction of sp³-hybridized carbons (Fsp3) is 0.667. The fourth-order valence-corrected chi connectivity index (χ4v) is 0.950. The zero-order valence-corrected chi connectivity index (χ0v) is 9.03. The Bertz CT molecular complexity index is 263. The third-order valence-electron chi connectivity index (χ3n) is 1.51. The van der Waals surface area contributed by atoms with Gasteiger partial charge >= 0.3 is 12.0 Å². The topological polar surface area (TPSA) is 95.5 Å². The first-order valence-corrected chi connectivity index (χ1v) is 4.62. The molecule has 1 atom stereocenters. The number of hydrogen-bond donors (Lipinski definition) is 3. The molecule has 0 heterocycles. The van der Waals surface area contributed by atoms with Gasteiger partial charge in [0.15, 0.2) is 0 Å². The number of nitrogens with one attached hydrogen (secondary N) is 2. The number of amides is 2. The fourth-order valence-electron chi connectivity index (χ4n) is 0.950. The van der Waals surface area contributed by atoms with Crippen molar-refractivity contribution in [3.05, 3.63) is 0 Å². The van der Waals surface area contributed by atoms with Crippen molar-refractivity contribution in [2.24, 2.45) is 0 Å². The standard InChI is InChI=1S/C9H16N2O4/c1-5(2)10-9(15)11-7(8(13)14)4-6(3)12/h5,7H,4H2,1-3H3,(H,13,14)(H2,10,11,15). The summed E-state index contributed by atoms with van der Waals surface area (Å²) < 4.78 is 0. The molecular weight excluding hydrogens is 200 g/mol. The number of ketones is 1. The number of carboxylic acids is 1. The molecule has 0 aliphatic rings. The van der Waals surface area contributed by atoms with Crippen molar-refractivity contribution in [1.82, 2.24) is 10.6 Å². The van der Waals surface area contributed by atoms with Crippen LogP contribution in [0.15, 0.2) is 0 Å². The number of urea groups is 1. The van der Waals surface area contributed by atoms with Crippen LogP contribution in [0.1, 0.15) is 27.2 Å². The van der Waals surface area contributed by atoms with Crippen LogP contribution in [-0.2, 0) is 9.59 Å². The van der Waals surface area contributed by atoms with Crippen LogP contribution in [-0.4, -0.2) is 35.0 Å². The Labute approximate surface area is 88.0 Å². The van der Waals surface area contributed by atoms with Crippen molar-refractivity contribution in [1.29, 1.82) is 0 Å². The van der Waals surface area contributed by atoms with Crippen molar-refractivity contribution in [2.45, 2.75) is 39.3 Å². The summed E-state index contributed by atoms with van der Waals surface area (Å²) in [7, 11) is 0. The van der Waals surface area contributed by atoms with Gasteiger partial charge in [-0.05, 0) is 20.8 Å². The summed E-state index contributed by atoms with van der Waals surface area (Å²) in [5.74, 6) is -1.50. The number of aliphatic carboxylic acids is 1. The Kier molecular flexibility index (Phi) is 5.36. The first-order chi connectivity index (χ1) is 6.82. The van der Waals surface area contributed by atoms with E-state index in [1.807, 2.05) is 0 Å². The second-order valence-electron chi connectivity index (χ2n) is 3.57. The summed E-state index contributed by atoms with van der Waals surface area (Å²) in [5.41, 5.74) is 0.